The molecule has 1 N–H and O–H groups in total. The van der Waals surface area contributed by atoms with Crippen molar-refractivity contribution in [2.75, 3.05) is 26.5 Å². The lowest BCUT2D eigenvalue weighted by molar-refractivity contribution is -0.149. The fourth-order valence-corrected chi connectivity index (χ4v) is 3.77. The van der Waals surface area contributed by atoms with Gasteiger partial charge in [-0.2, -0.15) is 0 Å². The molecule has 10 heteroatoms. The molecule has 0 saturated carbocycles. The van der Waals surface area contributed by atoms with E-state index in [1.807, 2.05) is 13.8 Å². The molecule has 166 valence electrons. The number of rotatable bonds is 6. The Morgan fingerprint density at radius 1 is 1.17 bits per heavy atom. The normalized spacial score (nSPS) is 18.8. The Balaban J connectivity index is 2.87. The second kappa shape index (κ2) is 10.2. The molecule has 3 amide bonds. The standard InChI is InChI=1S/C19H33N3O6S/c1-11(2)13(15(24)22-9-10-29-16(22)17(25)27-8)20-14(23)12(3)21(7)18(26)28-19(4,5)6/h11-13,16H,9-10H2,1-8H3,(H,20,23). The van der Waals surface area contributed by atoms with E-state index < -0.39 is 41.0 Å². The van der Waals surface area contributed by atoms with Crippen LogP contribution in [0.15, 0.2) is 0 Å². The highest BCUT2D eigenvalue weighted by atomic mass is 32.2. The number of carbonyl (C=O) groups excluding carboxylic acids is 4. The van der Waals surface area contributed by atoms with E-state index in [1.54, 1.807) is 27.7 Å². The fourth-order valence-electron chi connectivity index (χ4n) is 2.63. The minimum atomic E-state index is -0.844. The molecule has 1 saturated heterocycles. The summed E-state index contributed by atoms with van der Waals surface area (Å²) in [5.41, 5.74) is -0.686. The second-order valence-electron chi connectivity index (χ2n) is 8.28. The minimum Gasteiger partial charge on any atom is -0.467 e. The molecule has 1 heterocycles. The van der Waals surface area contributed by atoms with Gasteiger partial charge in [-0.05, 0) is 33.6 Å². The number of amides is 3. The molecule has 0 radical (unpaired) electrons. The number of nitrogens with one attached hydrogen (secondary N) is 1. The molecule has 1 rings (SSSR count). The van der Waals surface area contributed by atoms with E-state index in [0.717, 1.165) is 0 Å². The third kappa shape index (κ3) is 6.80. The van der Waals surface area contributed by atoms with E-state index in [-0.39, 0.29) is 11.8 Å². The van der Waals surface area contributed by atoms with Crippen molar-refractivity contribution in [1.82, 2.24) is 15.1 Å². The number of carbonyl (C=O) groups is 4. The second-order valence-corrected chi connectivity index (χ2v) is 9.46. The Morgan fingerprint density at radius 2 is 1.76 bits per heavy atom. The highest BCUT2D eigenvalue weighted by Crippen LogP contribution is 2.26. The summed E-state index contributed by atoms with van der Waals surface area (Å²) in [6, 6.07) is -1.67. The van der Waals surface area contributed by atoms with Crippen molar-refractivity contribution in [3.8, 4) is 0 Å². The number of ether oxygens (including phenoxy) is 2. The van der Waals surface area contributed by atoms with Gasteiger partial charge in [0, 0.05) is 19.3 Å². The van der Waals surface area contributed by atoms with Crippen LogP contribution in [0.2, 0.25) is 0 Å². The topological polar surface area (TPSA) is 105 Å². The van der Waals surface area contributed by atoms with Crippen LogP contribution in [0.5, 0.6) is 0 Å². The third-order valence-corrected chi connectivity index (χ3v) is 5.63. The first-order valence-corrected chi connectivity index (χ1v) is 10.6. The molecule has 3 atom stereocenters. The molecular formula is C19H33N3O6S. The molecular weight excluding hydrogens is 398 g/mol. The van der Waals surface area contributed by atoms with Gasteiger partial charge < -0.3 is 19.7 Å². The number of thioether (sulfide) groups is 1. The van der Waals surface area contributed by atoms with Crippen molar-refractivity contribution in [1.29, 1.82) is 0 Å². The van der Waals surface area contributed by atoms with Crippen molar-refractivity contribution in [2.24, 2.45) is 5.92 Å². The summed E-state index contributed by atoms with van der Waals surface area (Å²) in [6.45, 7) is 10.8. The maximum atomic E-state index is 13.1. The van der Waals surface area contributed by atoms with Crippen LogP contribution < -0.4 is 5.32 Å². The lowest BCUT2D eigenvalue weighted by Crippen LogP contribution is -2.57. The summed E-state index contributed by atoms with van der Waals surface area (Å²) < 4.78 is 10.1. The Hall–Kier alpha value is -1.97. The molecule has 1 aliphatic rings. The van der Waals surface area contributed by atoms with Crippen LogP contribution in [0, 0.1) is 5.92 Å². The van der Waals surface area contributed by atoms with Crippen LogP contribution in [0.1, 0.15) is 41.5 Å². The molecule has 9 nitrogen and oxygen atoms in total. The smallest absolute Gasteiger partial charge is 0.410 e. The molecule has 0 bridgehead atoms. The lowest BCUT2D eigenvalue weighted by Gasteiger charge is -2.32. The maximum Gasteiger partial charge on any atom is 0.410 e. The van der Waals surface area contributed by atoms with Crippen LogP contribution in [0.4, 0.5) is 4.79 Å². The minimum absolute atomic E-state index is 0.214. The first kappa shape index (κ1) is 25.1. The highest BCUT2D eigenvalue weighted by molar-refractivity contribution is 8.00. The summed E-state index contributed by atoms with van der Waals surface area (Å²) in [7, 11) is 2.74. The van der Waals surface area contributed by atoms with E-state index in [4.69, 9.17) is 9.47 Å². The average Bonchev–Trinajstić information content (AvgIpc) is 3.11. The quantitative estimate of drug-likeness (QED) is 0.635. The van der Waals surface area contributed by atoms with Gasteiger partial charge in [0.05, 0.1) is 7.11 Å². The molecule has 1 aliphatic heterocycles. The molecule has 1 fully saturated rings. The number of methoxy groups -OCH3 is 1. The molecule has 0 aromatic rings. The van der Waals surface area contributed by atoms with E-state index >= 15 is 0 Å². The van der Waals surface area contributed by atoms with E-state index in [2.05, 4.69) is 5.32 Å². The van der Waals surface area contributed by atoms with Crippen LogP contribution in [0.3, 0.4) is 0 Å². The summed E-state index contributed by atoms with van der Waals surface area (Å²) in [4.78, 5) is 52.6. The van der Waals surface area contributed by atoms with Gasteiger partial charge in [0.2, 0.25) is 11.8 Å². The number of hydrogen-bond donors (Lipinski definition) is 1. The molecule has 0 aromatic heterocycles. The summed E-state index contributed by atoms with van der Waals surface area (Å²) in [5, 5.41) is 2.01. The summed E-state index contributed by atoms with van der Waals surface area (Å²) in [5.74, 6) is -0.919. The number of likely N-dealkylation sites (N-methyl/N-ethyl adjacent to an activating group) is 1. The van der Waals surface area contributed by atoms with Gasteiger partial charge in [0.1, 0.15) is 17.7 Å². The van der Waals surface area contributed by atoms with Crippen molar-refractivity contribution >= 4 is 35.6 Å². The fraction of sp³-hybridized carbons (Fsp3) is 0.789. The van der Waals surface area contributed by atoms with Crippen LogP contribution in [-0.2, 0) is 23.9 Å². The predicted molar refractivity (Wildman–Crippen MR) is 110 cm³/mol. The zero-order valence-corrected chi connectivity index (χ0v) is 19.3. The summed E-state index contributed by atoms with van der Waals surface area (Å²) in [6.07, 6.45) is -0.630. The van der Waals surface area contributed by atoms with Crippen LogP contribution in [-0.4, -0.2) is 83.2 Å². The first-order valence-electron chi connectivity index (χ1n) is 9.56. The Morgan fingerprint density at radius 3 is 2.24 bits per heavy atom. The van der Waals surface area contributed by atoms with Crippen LogP contribution in [0.25, 0.3) is 0 Å². The molecule has 29 heavy (non-hydrogen) atoms. The number of nitrogens with zero attached hydrogens (tertiary/aromatic N) is 2. The van der Waals surface area contributed by atoms with E-state index in [0.29, 0.717) is 12.3 Å². The monoisotopic (exact) mass is 431 g/mol. The van der Waals surface area contributed by atoms with Gasteiger partial charge in [-0.25, -0.2) is 9.59 Å². The molecule has 0 aromatic carbocycles. The van der Waals surface area contributed by atoms with Gasteiger partial charge in [0.15, 0.2) is 5.37 Å². The summed E-state index contributed by atoms with van der Waals surface area (Å²) >= 11 is 1.33. The Bertz CT molecular complexity index is 634. The zero-order valence-electron chi connectivity index (χ0n) is 18.5. The van der Waals surface area contributed by atoms with Crippen molar-refractivity contribution in [3.63, 3.8) is 0 Å². The number of hydrogen-bond acceptors (Lipinski definition) is 7. The van der Waals surface area contributed by atoms with E-state index in [9.17, 15) is 19.2 Å². The van der Waals surface area contributed by atoms with Gasteiger partial charge in [-0.3, -0.25) is 14.5 Å². The van der Waals surface area contributed by atoms with E-state index in [1.165, 1.54) is 35.7 Å². The molecule has 0 spiro atoms. The predicted octanol–water partition coefficient (Wildman–Crippen LogP) is 1.46. The Labute approximate surface area is 176 Å². The van der Waals surface area contributed by atoms with Crippen molar-refractivity contribution in [2.45, 2.75) is 64.6 Å². The first-order chi connectivity index (χ1) is 13.3. The lowest BCUT2D eigenvalue weighted by atomic mass is 10.0. The molecule has 0 aliphatic carbocycles. The van der Waals surface area contributed by atoms with Gasteiger partial charge >= 0.3 is 12.1 Å². The Kier molecular flexibility index (Phi) is 8.80. The van der Waals surface area contributed by atoms with Crippen molar-refractivity contribution < 1.29 is 28.7 Å². The third-order valence-electron chi connectivity index (χ3n) is 4.45. The molecule has 3 unspecified atom stereocenters. The maximum absolute atomic E-state index is 13.1. The van der Waals surface area contributed by atoms with Gasteiger partial charge in [0.25, 0.3) is 0 Å². The number of esters is 1. The van der Waals surface area contributed by atoms with Crippen LogP contribution >= 0.6 is 11.8 Å². The SMILES string of the molecule is COC(=O)C1SCCN1C(=O)C(NC(=O)C(C)N(C)C(=O)OC(C)(C)C)C(C)C. The highest BCUT2D eigenvalue weighted by Gasteiger charge is 2.40. The van der Waals surface area contributed by atoms with Gasteiger partial charge in [-0.15, -0.1) is 11.8 Å². The van der Waals surface area contributed by atoms with Crippen molar-refractivity contribution in [3.05, 3.63) is 0 Å². The average molecular weight is 432 g/mol. The van der Waals surface area contributed by atoms with Gasteiger partial charge in [-0.1, -0.05) is 13.8 Å². The largest absolute Gasteiger partial charge is 0.467 e. The zero-order chi connectivity index (χ0) is 22.5.